The monoisotopic (exact) mass is 279 g/mol. The molecule has 2 rings (SSSR count). The molecular weight excluding hydrogens is 256 g/mol. The molecule has 6 heteroatoms. The lowest BCUT2D eigenvalue weighted by atomic mass is 10.2. The van der Waals surface area contributed by atoms with E-state index in [0.29, 0.717) is 0 Å². The Balaban J connectivity index is 1.72. The first-order valence-electron chi connectivity index (χ1n) is 6.99. The van der Waals surface area contributed by atoms with Crippen LogP contribution in [0.3, 0.4) is 0 Å². The van der Waals surface area contributed by atoms with Crippen LogP contribution in [0.15, 0.2) is 24.3 Å². The predicted molar refractivity (Wildman–Crippen MR) is 79.6 cm³/mol. The first-order chi connectivity index (χ1) is 9.48. The van der Waals surface area contributed by atoms with Crippen LogP contribution in [0.1, 0.15) is 6.42 Å². The van der Waals surface area contributed by atoms with Gasteiger partial charge in [0, 0.05) is 30.8 Å². The van der Waals surface area contributed by atoms with Crippen molar-refractivity contribution in [3.8, 4) is 0 Å². The number of nitrogens with zero attached hydrogens (tertiary/aromatic N) is 3. The van der Waals surface area contributed by atoms with Gasteiger partial charge < -0.3 is 9.80 Å². The molecule has 0 radical (unpaired) electrons. The third-order valence-corrected chi connectivity index (χ3v) is 3.89. The van der Waals surface area contributed by atoms with E-state index in [0.717, 1.165) is 36.3 Å². The van der Waals surface area contributed by atoms with Crippen LogP contribution in [0.4, 0.5) is 11.4 Å². The second kappa shape index (κ2) is 6.19. The normalized spacial score (nSPS) is 22.9. The van der Waals surface area contributed by atoms with Gasteiger partial charge in [0.05, 0.1) is 31.6 Å². The Labute approximate surface area is 119 Å². The maximum absolute atomic E-state index is 10.6. The van der Waals surface area contributed by atoms with Gasteiger partial charge in [-0.15, -0.1) is 0 Å². The summed E-state index contributed by atoms with van der Waals surface area (Å²) in [6.45, 7) is 5.57. The van der Waals surface area contributed by atoms with Gasteiger partial charge in [-0.05, 0) is 19.2 Å². The molecule has 1 heterocycles. The number of nitro groups is 1. The molecule has 0 aromatic heterocycles. The Hall–Kier alpha value is -1.66. The van der Waals surface area contributed by atoms with Gasteiger partial charge in [0.15, 0.2) is 0 Å². The molecule has 1 aromatic carbocycles. The number of nitrogens with one attached hydrogen (secondary N) is 1. The van der Waals surface area contributed by atoms with Gasteiger partial charge in [0.1, 0.15) is 6.67 Å². The number of likely N-dealkylation sites (N-methyl/N-ethyl adjacent to an activating group) is 2. The van der Waals surface area contributed by atoms with Gasteiger partial charge in [-0.2, -0.15) is 0 Å². The number of rotatable bonds is 6. The Kier molecular flexibility index (Phi) is 4.57. The van der Waals surface area contributed by atoms with E-state index in [1.807, 2.05) is 0 Å². The molecule has 1 aromatic rings. The summed E-state index contributed by atoms with van der Waals surface area (Å²) >= 11 is 0. The summed E-state index contributed by atoms with van der Waals surface area (Å²) in [5, 5.41) is 13.9. The van der Waals surface area contributed by atoms with Crippen molar-refractivity contribution in [3.05, 3.63) is 34.4 Å². The van der Waals surface area contributed by atoms with Crippen LogP contribution < -0.4 is 5.32 Å². The fraction of sp³-hybridized carbons (Fsp3) is 0.571. The van der Waals surface area contributed by atoms with Crippen molar-refractivity contribution >= 4 is 11.4 Å². The van der Waals surface area contributed by atoms with E-state index >= 15 is 0 Å². The molecular formula is C14H23N4O2+. The van der Waals surface area contributed by atoms with E-state index < -0.39 is 0 Å². The smallest absolute Gasteiger partial charge is 0.269 e. The lowest BCUT2D eigenvalue weighted by Gasteiger charge is -2.29. The number of anilines is 1. The van der Waals surface area contributed by atoms with Crippen molar-refractivity contribution in [2.45, 2.75) is 6.42 Å². The van der Waals surface area contributed by atoms with Crippen LogP contribution in [-0.2, 0) is 0 Å². The first-order valence-corrected chi connectivity index (χ1v) is 6.99. The number of nitro benzene ring substituents is 1. The molecule has 0 saturated carbocycles. The highest BCUT2D eigenvalue weighted by molar-refractivity contribution is 5.48. The summed E-state index contributed by atoms with van der Waals surface area (Å²) in [7, 11) is 4.47. The molecule has 0 amide bonds. The molecule has 0 spiro atoms. The van der Waals surface area contributed by atoms with E-state index in [2.05, 4.69) is 24.3 Å². The average Bonchev–Trinajstić information content (AvgIpc) is 2.75. The van der Waals surface area contributed by atoms with E-state index in [4.69, 9.17) is 0 Å². The Morgan fingerprint density at radius 1 is 1.40 bits per heavy atom. The van der Waals surface area contributed by atoms with Crippen LogP contribution in [0.5, 0.6) is 0 Å². The molecule has 1 unspecified atom stereocenters. The van der Waals surface area contributed by atoms with Crippen LogP contribution in [0.2, 0.25) is 0 Å². The van der Waals surface area contributed by atoms with Crippen molar-refractivity contribution in [2.75, 3.05) is 52.3 Å². The Morgan fingerprint density at radius 3 is 2.65 bits per heavy atom. The third kappa shape index (κ3) is 3.91. The third-order valence-electron chi connectivity index (χ3n) is 3.89. The standard InChI is InChI=1S/C14H23N4O2/c1-16-9-11-18(2,12-16)10-3-8-15-13-4-6-14(7-5-13)17(19)20/h4-7,15H,3,8-12H2,1-2H3/q+1. The van der Waals surface area contributed by atoms with Crippen molar-refractivity contribution in [1.82, 2.24) is 4.90 Å². The predicted octanol–water partition coefficient (Wildman–Crippen LogP) is 1.75. The van der Waals surface area contributed by atoms with E-state index in [-0.39, 0.29) is 10.6 Å². The van der Waals surface area contributed by atoms with Crippen LogP contribution in [0.25, 0.3) is 0 Å². The zero-order valence-corrected chi connectivity index (χ0v) is 12.2. The van der Waals surface area contributed by atoms with Crippen LogP contribution in [0, 0.1) is 10.1 Å². The maximum Gasteiger partial charge on any atom is 0.269 e. The molecule has 0 aliphatic carbocycles. The van der Waals surface area contributed by atoms with Crippen molar-refractivity contribution < 1.29 is 9.41 Å². The fourth-order valence-corrected chi connectivity index (χ4v) is 2.71. The zero-order valence-electron chi connectivity index (χ0n) is 12.2. The summed E-state index contributed by atoms with van der Waals surface area (Å²) in [4.78, 5) is 12.5. The maximum atomic E-state index is 10.6. The molecule has 110 valence electrons. The quantitative estimate of drug-likeness (QED) is 0.373. The summed E-state index contributed by atoms with van der Waals surface area (Å²) in [6, 6.07) is 6.59. The van der Waals surface area contributed by atoms with Gasteiger partial charge in [-0.25, -0.2) is 0 Å². The summed E-state index contributed by atoms with van der Waals surface area (Å²) < 4.78 is 1.11. The Bertz CT molecular complexity index is 463. The summed E-state index contributed by atoms with van der Waals surface area (Å²) in [5.41, 5.74) is 1.07. The summed E-state index contributed by atoms with van der Waals surface area (Å²) in [5.74, 6) is 0. The van der Waals surface area contributed by atoms with E-state index in [9.17, 15) is 10.1 Å². The topological polar surface area (TPSA) is 58.4 Å². The second-order valence-corrected chi connectivity index (χ2v) is 5.87. The van der Waals surface area contributed by atoms with Gasteiger partial charge >= 0.3 is 0 Å². The summed E-state index contributed by atoms with van der Waals surface area (Å²) in [6.07, 6.45) is 1.10. The van der Waals surface area contributed by atoms with Crippen molar-refractivity contribution in [3.63, 3.8) is 0 Å². The number of hydrogen-bond acceptors (Lipinski definition) is 4. The minimum absolute atomic E-state index is 0.133. The van der Waals surface area contributed by atoms with Gasteiger partial charge in [0.25, 0.3) is 5.69 Å². The lowest BCUT2D eigenvalue weighted by Crippen LogP contribution is -2.44. The number of benzene rings is 1. The average molecular weight is 279 g/mol. The lowest BCUT2D eigenvalue weighted by molar-refractivity contribution is -0.901. The van der Waals surface area contributed by atoms with Crippen molar-refractivity contribution in [1.29, 1.82) is 0 Å². The molecule has 1 fully saturated rings. The number of non-ortho nitro benzene ring substituents is 1. The first kappa shape index (κ1) is 14.7. The van der Waals surface area contributed by atoms with Crippen molar-refractivity contribution in [2.24, 2.45) is 0 Å². The highest BCUT2D eigenvalue weighted by Gasteiger charge is 2.29. The fourth-order valence-electron chi connectivity index (χ4n) is 2.71. The van der Waals surface area contributed by atoms with E-state index in [1.165, 1.54) is 25.2 Å². The minimum atomic E-state index is -0.376. The molecule has 6 nitrogen and oxygen atoms in total. The number of hydrogen-bond donors (Lipinski definition) is 1. The molecule has 1 aliphatic heterocycles. The molecule has 1 atom stereocenters. The SMILES string of the molecule is CN1CC[N+](C)(CCCNc2ccc([N+](=O)[O-])cc2)C1. The molecule has 20 heavy (non-hydrogen) atoms. The van der Waals surface area contributed by atoms with Gasteiger partial charge in [-0.3, -0.25) is 15.0 Å². The highest BCUT2D eigenvalue weighted by Crippen LogP contribution is 2.16. The van der Waals surface area contributed by atoms with Gasteiger partial charge in [0.2, 0.25) is 0 Å². The largest absolute Gasteiger partial charge is 0.385 e. The zero-order chi connectivity index (χ0) is 14.6. The second-order valence-electron chi connectivity index (χ2n) is 5.87. The van der Waals surface area contributed by atoms with Crippen LogP contribution >= 0.6 is 0 Å². The molecule has 1 saturated heterocycles. The van der Waals surface area contributed by atoms with Crippen LogP contribution in [-0.4, -0.2) is 61.2 Å². The molecule has 1 N–H and O–H groups in total. The molecule has 0 bridgehead atoms. The van der Waals surface area contributed by atoms with Gasteiger partial charge in [-0.1, -0.05) is 0 Å². The highest BCUT2D eigenvalue weighted by atomic mass is 16.6. The Morgan fingerprint density at radius 2 is 2.10 bits per heavy atom. The molecule has 1 aliphatic rings. The minimum Gasteiger partial charge on any atom is -0.385 e. The number of quaternary nitrogens is 1. The van der Waals surface area contributed by atoms with E-state index in [1.54, 1.807) is 12.1 Å².